The molecule has 2 amide bonds. The molecule has 0 saturated carbocycles. The quantitative estimate of drug-likeness (QED) is 0.649. The average molecular weight is 328 g/mol. The summed E-state index contributed by atoms with van der Waals surface area (Å²) in [6, 6.07) is 15.0. The monoisotopic (exact) mass is 327 g/mol. The van der Waals surface area contributed by atoms with Crippen molar-refractivity contribution in [2.75, 3.05) is 11.9 Å². The first kappa shape index (κ1) is 15.4. The number of hydrogen-bond donors (Lipinski definition) is 3. The fourth-order valence-electron chi connectivity index (χ4n) is 2.67. The van der Waals surface area contributed by atoms with Gasteiger partial charge in [0.25, 0.3) is 0 Å². The number of benzene rings is 2. The molecule has 3 aromatic rings. The van der Waals surface area contributed by atoms with Crippen LogP contribution in [0.15, 0.2) is 48.5 Å². The van der Waals surface area contributed by atoms with Crippen LogP contribution < -0.4 is 10.6 Å². The van der Waals surface area contributed by atoms with Gasteiger partial charge < -0.3 is 15.6 Å². The Labute approximate surface area is 139 Å². The summed E-state index contributed by atoms with van der Waals surface area (Å²) >= 11 is 6.08. The topological polar surface area (TPSA) is 56.9 Å². The molecule has 1 aromatic heterocycles. The van der Waals surface area contributed by atoms with Crippen LogP contribution in [0, 0.1) is 6.92 Å². The lowest BCUT2D eigenvalue weighted by molar-refractivity contribution is 0.252. The molecule has 2 aromatic carbocycles. The first-order valence-corrected chi connectivity index (χ1v) is 7.88. The van der Waals surface area contributed by atoms with Crippen LogP contribution in [-0.4, -0.2) is 17.6 Å². The summed E-state index contributed by atoms with van der Waals surface area (Å²) < 4.78 is 0. The number of aromatic amines is 1. The van der Waals surface area contributed by atoms with E-state index in [4.69, 9.17) is 11.6 Å². The Morgan fingerprint density at radius 1 is 1.17 bits per heavy atom. The summed E-state index contributed by atoms with van der Waals surface area (Å²) in [4.78, 5) is 15.2. The van der Waals surface area contributed by atoms with E-state index in [1.54, 1.807) is 0 Å². The molecule has 1 heterocycles. The number of carbonyl (C=O) groups is 1. The van der Waals surface area contributed by atoms with E-state index in [-0.39, 0.29) is 6.03 Å². The lowest BCUT2D eigenvalue weighted by Crippen LogP contribution is -2.30. The SMILES string of the molecule is Cc1[nH]c2ccc(Cl)cc2c1CCNC(=O)Nc1ccccc1. The summed E-state index contributed by atoms with van der Waals surface area (Å²) in [5, 5.41) is 7.51. The summed E-state index contributed by atoms with van der Waals surface area (Å²) in [6.07, 6.45) is 0.744. The number of amides is 2. The maximum Gasteiger partial charge on any atom is 0.319 e. The second-order valence-corrected chi connectivity index (χ2v) is 5.85. The number of rotatable bonds is 4. The van der Waals surface area contributed by atoms with Crippen LogP contribution in [-0.2, 0) is 6.42 Å². The summed E-state index contributed by atoms with van der Waals surface area (Å²) in [7, 11) is 0. The highest BCUT2D eigenvalue weighted by atomic mass is 35.5. The highest BCUT2D eigenvalue weighted by molar-refractivity contribution is 6.31. The predicted octanol–water partition coefficient (Wildman–Crippen LogP) is 4.49. The highest BCUT2D eigenvalue weighted by Crippen LogP contribution is 2.25. The van der Waals surface area contributed by atoms with Gasteiger partial charge in [-0.25, -0.2) is 4.79 Å². The van der Waals surface area contributed by atoms with Crippen LogP contribution in [0.25, 0.3) is 10.9 Å². The largest absolute Gasteiger partial charge is 0.358 e. The Hall–Kier alpha value is -2.46. The number of H-pyrrole nitrogens is 1. The first-order valence-electron chi connectivity index (χ1n) is 7.50. The third-order valence-electron chi connectivity index (χ3n) is 3.77. The van der Waals surface area contributed by atoms with Crippen molar-refractivity contribution < 1.29 is 4.79 Å². The van der Waals surface area contributed by atoms with E-state index in [0.29, 0.717) is 11.6 Å². The van der Waals surface area contributed by atoms with E-state index < -0.39 is 0 Å². The van der Waals surface area contributed by atoms with Gasteiger partial charge in [-0.05, 0) is 49.2 Å². The third-order valence-corrected chi connectivity index (χ3v) is 4.01. The lowest BCUT2D eigenvalue weighted by atomic mass is 10.1. The summed E-state index contributed by atoms with van der Waals surface area (Å²) in [5.41, 5.74) is 4.13. The van der Waals surface area contributed by atoms with E-state index in [2.05, 4.69) is 15.6 Å². The third kappa shape index (κ3) is 3.66. The fourth-order valence-corrected chi connectivity index (χ4v) is 2.85. The van der Waals surface area contributed by atoms with Crippen LogP contribution in [0.2, 0.25) is 5.02 Å². The van der Waals surface area contributed by atoms with E-state index in [9.17, 15) is 4.79 Å². The minimum Gasteiger partial charge on any atom is -0.358 e. The molecular formula is C18H18ClN3O. The molecule has 5 heteroatoms. The van der Waals surface area contributed by atoms with Crippen molar-refractivity contribution in [1.82, 2.24) is 10.3 Å². The van der Waals surface area contributed by atoms with Crippen molar-refractivity contribution in [3.05, 3.63) is 64.8 Å². The van der Waals surface area contributed by atoms with E-state index >= 15 is 0 Å². The number of nitrogens with one attached hydrogen (secondary N) is 3. The van der Waals surface area contributed by atoms with Gasteiger partial charge in [0, 0.05) is 33.9 Å². The number of carbonyl (C=O) groups excluding carboxylic acids is 1. The predicted molar refractivity (Wildman–Crippen MR) is 95.2 cm³/mol. The molecule has 0 aliphatic heterocycles. The van der Waals surface area contributed by atoms with Gasteiger partial charge in [-0.3, -0.25) is 0 Å². The minimum absolute atomic E-state index is 0.202. The molecule has 0 bridgehead atoms. The van der Waals surface area contributed by atoms with Gasteiger partial charge in [0.15, 0.2) is 0 Å². The van der Waals surface area contributed by atoms with Crippen LogP contribution in [0.1, 0.15) is 11.3 Å². The Bertz CT molecular complexity index is 827. The van der Waals surface area contributed by atoms with Gasteiger partial charge in [-0.15, -0.1) is 0 Å². The molecular weight excluding hydrogens is 310 g/mol. The van der Waals surface area contributed by atoms with Crippen molar-refractivity contribution in [3.8, 4) is 0 Å². The molecule has 23 heavy (non-hydrogen) atoms. The van der Waals surface area contributed by atoms with Crippen molar-refractivity contribution in [2.24, 2.45) is 0 Å². The fraction of sp³-hybridized carbons (Fsp3) is 0.167. The van der Waals surface area contributed by atoms with Gasteiger partial charge in [-0.1, -0.05) is 29.8 Å². The van der Waals surface area contributed by atoms with Crippen molar-refractivity contribution in [2.45, 2.75) is 13.3 Å². The second kappa shape index (κ2) is 6.75. The number of anilines is 1. The lowest BCUT2D eigenvalue weighted by Gasteiger charge is -2.08. The molecule has 0 spiro atoms. The second-order valence-electron chi connectivity index (χ2n) is 5.42. The molecule has 0 aliphatic carbocycles. The van der Waals surface area contributed by atoms with E-state index in [1.807, 2.05) is 55.5 Å². The number of halogens is 1. The van der Waals surface area contributed by atoms with Crippen molar-refractivity contribution >= 4 is 34.2 Å². The van der Waals surface area contributed by atoms with E-state index in [1.165, 1.54) is 5.56 Å². The smallest absolute Gasteiger partial charge is 0.319 e. The van der Waals surface area contributed by atoms with Crippen molar-refractivity contribution in [3.63, 3.8) is 0 Å². The highest BCUT2D eigenvalue weighted by Gasteiger charge is 2.09. The number of hydrogen-bond acceptors (Lipinski definition) is 1. The molecule has 0 saturated heterocycles. The van der Waals surface area contributed by atoms with Crippen molar-refractivity contribution in [1.29, 1.82) is 0 Å². The Balaban J connectivity index is 1.61. The van der Waals surface area contributed by atoms with Gasteiger partial charge >= 0.3 is 6.03 Å². The standard InChI is InChI=1S/C18H18ClN3O/c1-12-15(16-11-13(19)7-8-17(16)21-12)9-10-20-18(23)22-14-5-3-2-4-6-14/h2-8,11,21H,9-10H2,1H3,(H2,20,22,23). The number of aromatic nitrogens is 1. The molecule has 0 aliphatic rings. The molecule has 0 atom stereocenters. The minimum atomic E-state index is -0.202. The van der Waals surface area contributed by atoms with Gasteiger partial charge in [0.2, 0.25) is 0 Å². The maximum absolute atomic E-state index is 11.9. The number of fused-ring (bicyclic) bond motifs is 1. The van der Waals surface area contributed by atoms with Crippen LogP contribution in [0.3, 0.4) is 0 Å². The Morgan fingerprint density at radius 3 is 2.74 bits per heavy atom. The normalized spacial score (nSPS) is 10.7. The maximum atomic E-state index is 11.9. The molecule has 0 radical (unpaired) electrons. The molecule has 118 valence electrons. The molecule has 3 N–H and O–H groups in total. The zero-order valence-electron chi connectivity index (χ0n) is 12.8. The molecule has 0 unspecified atom stereocenters. The van der Waals surface area contributed by atoms with Gasteiger partial charge in [0.05, 0.1) is 0 Å². The zero-order chi connectivity index (χ0) is 16.2. The molecule has 3 rings (SSSR count). The van der Waals surface area contributed by atoms with Crippen LogP contribution in [0.5, 0.6) is 0 Å². The Kier molecular flexibility index (Phi) is 4.53. The summed E-state index contributed by atoms with van der Waals surface area (Å²) in [5.74, 6) is 0. The number of urea groups is 1. The first-order chi connectivity index (χ1) is 11.1. The van der Waals surface area contributed by atoms with Crippen LogP contribution in [0.4, 0.5) is 10.5 Å². The summed E-state index contributed by atoms with van der Waals surface area (Å²) in [6.45, 7) is 2.59. The number of para-hydroxylation sites is 1. The molecule has 0 fully saturated rings. The average Bonchev–Trinajstić information content (AvgIpc) is 2.84. The Morgan fingerprint density at radius 2 is 1.96 bits per heavy atom. The van der Waals surface area contributed by atoms with Gasteiger partial charge in [0.1, 0.15) is 0 Å². The van der Waals surface area contributed by atoms with Crippen LogP contribution >= 0.6 is 11.6 Å². The van der Waals surface area contributed by atoms with Gasteiger partial charge in [-0.2, -0.15) is 0 Å². The molecule has 4 nitrogen and oxygen atoms in total. The van der Waals surface area contributed by atoms with E-state index in [0.717, 1.165) is 28.7 Å². The zero-order valence-corrected chi connectivity index (χ0v) is 13.6. The number of aryl methyl sites for hydroxylation is 1.